The lowest BCUT2D eigenvalue weighted by Gasteiger charge is -2.24. The minimum Gasteiger partial charge on any atom is -0.452 e. The van der Waals surface area contributed by atoms with Crippen molar-refractivity contribution in [1.82, 2.24) is 0 Å². The van der Waals surface area contributed by atoms with Gasteiger partial charge in [-0.1, -0.05) is 0 Å². The molecule has 0 rings (SSSR count). The zero-order valence-corrected chi connectivity index (χ0v) is 9.95. The molecule has 0 bridgehead atoms. The number of halogens is 1. The highest BCUT2D eigenvalue weighted by molar-refractivity contribution is 14.1. The molecule has 78 valence electrons. The quantitative estimate of drug-likeness (QED) is 0.445. The molecular formula is C8H15IO4. The van der Waals surface area contributed by atoms with Gasteiger partial charge in [-0.2, -0.15) is 0 Å². The van der Waals surface area contributed by atoms with Crippen molar-refractivity contribution in [1.29, 1.82) is 0 Å². The lowest BCUT2D eigenvalue weighted by atomic mass is 9.88. The van der Waals surface area contributed by atoms with E-state index in [1.165, 1.54) is 0 Å². The third-order valence-electron chi connectivity index (χ3n) is 1.77. The van der Waals surface area contributed by atoms with Gasteiger partial charge in [0, 0.05) is 6.61 Å². The normalized spacial score (nSPS) is 17.6. The first kappa shape index (κ1) is 13.1. The maximum Gasteiger partial charge on any atom is 0.315 e. The van der Waals surface area contributed by atoms with E-state index in [-0.39, 0.29) is 23.7 Å². The van der Waals surface area contributed by atoms with Crippen molar-refractivity contribution < 1.29 is 19.7 Å². The number of rotatable bonds is 5. The Morgan fingerprint density at radius 1 is 1.62 bits per heavy atom. The number of aliphatic hydroxyl groups is 2. The molecule has 0 aromatic rings. The third kappa shape index (κ3) is 4.24. The molecule has 0 fully saturated rings. The minimum atomic E-state index is -0.978. The Kier molecular flexibility index (Phi) is 5.82. The second kappa shape index (κ2) is 5.77. The van der Waals surface area contributed by atoms with Crippen molar-refractivity contribution in [3.8, 4) is 0 Å². The Bertz CT molecular complexity index is 172. The number of esters is 1. The number of hydrogen-bond donors (Lipinski definition) is 2. The molecule has 4 nitrogen and oxygen atoms in total. The fraction of sp³-hybridized carbons (Fsp3) is 0.875. The SMILES string of the molecule is CC(I)OC(=O)C(C)(CO)CCO. The Morgan fingerprint density at radius 2 is 2.15 bits per heavy atom. The van der Waals surface area contributed by atoms with Crippen LogP contribution >= 0.6 is 22.6 Å². The molecule has 0 saturated carbocycles. The second-order valence-electron chi connectivity index (χ2n) is 3.14. The van der Waals surface area contributed by atoms with Crippen molar-refractivity contribution in [2.45, 2.75) is 24.4 Å². The number of carbonyl (C=O) groups is 1. The van der Waals surface area contributed by atoms with Gasteiger partial charge in [0.05, 0.1) is 12.0 Å². The van der Waals surface area contributed by atoms with E-state index in [4.69, 9.17) is 14.9 Å². The Morgan fingerprint density at radius 3 is 2.46 bits per heavy atom. The van der Waals surface area contributed by atoms with Gasteiger partial charge < -0.3 is 14.9 Å². The van der Waals surface area contributed by atoms with Crippen molar-refractivity contribution in [3.63, 3.8) is 0 Å². The summed E-state index contributed by atoms with van der Waals surface area (Å²) in [7, 11) is 0. The van der Waals surface area contributed by atoms with Gasteiger partial charge in [-0.15, -0.1) is 0 Å². The third-order valence-corrected chi connectivity index (χ3v) is 2.03. The van der Waals surface area contributed by atoms with Crippen LogP contribution in [0.2, 0.25) is 0 Å². The molecule has 0 spiro atoms. The van der Waals surface area contributed by atoms with Crippen LogP contribution < -0.4 is 0 Å². The molecule has 2 unspecified atom stereocenters. The number of alkyl halides is 1. The zero-order chi connectivity index (χ0) is 10.5. The highest BCUT2D eigenvalue weighted by atomic mass is 127. The second-order valence-corrected chi connectivity index (χ2v) is 4.89. The molecule has 2 atom stereocenters. The lowest BCUT2D eigenvalue weighted by Crippen LogP contribution is -2.35. The van der Waals surface area contributed by atoms with Gasteiger partial charge in [-0.05, 0) is 42.9 Å². The molecule has 0 amide bonds. The van der Waals surface area contributed by atoms with E-state index in [9.17, 15) is 4.79 Å². The Labute approximate surface area is 91.4 Å². The summed E-state index contributed by atoms with van der Waals surface area (Å²) < 4.78 is 4.71. The van der Waals surface area contributed by atoms with E-state index in [0.717, 1.165) is 0 Å². The summed E-state index contributed by atoms with van der Waals surface area (Å²) in [5.41, 5.74) is -0.978. The summed E-state index contributed by atoms with van der Waals surface area (Å²) >= 11 is 1.96. The fourth-order valence-corrected chi connectivity index (χ4v) is 1.01. The summed E-state index contributed by atoms with van der Waals surface area (Å²) in [6, 6.07) is 0. The fourth-order valence-electron chi connectivity index (χ4n) is 0.782. The summed E-state index contributed by atoms with van der Waals surface area (Å²) in [4.78, 5) is 11.4. The first-order chi connectivity index (χ1) is 5.96. The molecule has 13 heavy (non-hydrogen) atoms. The van der Waals surface area contributed by atoms with E-state index in [0.29, 0.717) is 0 Å². The molecule has 0 aromatic heterocycles. The van der Waals surface area contributed by atoms with Crippen molar-refractivity contribution in [2.75, 3.05) is 13.2 Å². The first-order valence-electron chi connectivity index (χ1n) is 4.03. The van der Waals surface area contributed by atoms with E-state index >= 15 is 0 Å². The van der Waals surface area contributed by atoms with Crippen LogP contribution in [0.5, 0.6) is 0 Å². The summed E-state index contributed by atoms with van der Waals surface area (Å²) in [6.07, 6.45) is 0.214. The van der Waals surface area contributed by atoms with Crippen LogP contribution in [-0.4, -0.2) is 33.5 Å². The number of carbonyl (C=O) groups excluding carboxylic acids is 1. The van der Waals surface area contributed by atoms with Gasteiger partial charge in [-0.25, -0.2) is 0 Å². The molecular weight excluding hydrogens is 287 g/mol. The molecule has 0 radical (unpaired) electrons. The molecule has 0 aromatic carbocycles. The minimum absolute atomic E-state index is 0.137. The molecule has 0 heterocycles. The molecule has 2 N–H and O–H groups in total. The Hall–Kier alpha value is 0.120. The highest BCUT2D eigenvalue weighted by Crippen LogP contribution is 2.23. The van der Waals surface area contributed by atoms with Crippen LogP contribution in [0.4, 0.5) is 0 Å². The largest absolute Gasteiger partial charge is 0.452 e. The first-order valence-corrected chi connectivity index (χ1v) is 5.27. The van der Waals surface area contributed by atoms with Crippen molar-refractivity contribution in [3.05, 3.63) is 0 Å². The maximum atomic E-state index is 11.4. The number of hydrogen-bond acceptors (Lipinski definition) is 4. The van der Waals surface area contributed by atoms with E-state index < -0.39 is 11.4 Å². The summed E-state index contributed by atoms with van der Waals surface area (Å²) in [6.45, 7) is 2.86. The summed E-state index contributed by atoms with van der Waals surface area (Å²) in [5, 5.41) is 17.7. The van der Waals surface area contributed by atoms with E-state index in [2.05, 4.69) is 0 Å². The molecule has 5 heteroatoms. The van der Waals surface area contributed by atoms with Gasteiger partial charge in [0.1, 0.15) is 4.11 Å². The van der Waals surface area contributed by atoms with E-state index in [1.54, 1.807) is 13.8 Å². The van der Waals surface area contributed by atoms with Gasteiger partial charge in [-0.3, -0.25) is 4.79 Å². The average molecular weight is 302 g/mol. The monoisotopic (exact) mass is 302 g/mol. The van der Waals surface area contributed by atoms with Gasteiger partial charge >= 0.3 is 5.97 Å². The zero-order valence-electron chi connectivity index (χ0n) is 7.79. The van der Waals surface area contributed by atoms with Gasteiger partial charge in [0.25, 0.3) is 0 Å². The molecule has 0 aliphatic carbocycles. The van der Waals surface area contributed by atoms with Crippen molar-refractivity contribution in [2.24, 2.45) is 5.41 Å². The van der Waals surface area contributed by atoms with Crippen LogP contribution in [0.25, 0.3) is 0 Å². The maximum absolute atomic E-state index is 11.4. The van der Waals surface area contributed by atoms with Gasteiger partial charge in [0.2, 0.25) is 0 Å². The van der Waals surface area contributed by atoms with Crippen LogP contribution in [0.15, 0.2) is 0 Å². The summed E-state index contributed by atoms with van der Waals surface area (Å²) in [5.74, 6) is -0.467. The average Bonchev–Trinajstić information content (AvgIpc) is 2.03. The van der Waals surface area contributed by atoms with E-state index in [1.807, 2.05) is 22.6 Å². The van der Waals surface area contributed by atoms with Crippen molar-refractivity contribution >= 4 is 28.6 Å². The lowest BCUT2D eigenvalue weighted by molar-refractivity contribution is -0.158. The molecule has 0 aliphatic heterocycles. The van der Waals surface area contributed by atoms with Gasteiger partial charge in [0.15, 0.2) is 0 Å². The standard InChI is InChI=1S/C8H15IO4/c1-6(9)13-7(12)8(2,5-11)3-4-10/h6,10-11H,3-5H2,1-2H3. The number of aliphatic hydroxyl groups excluding tert-OH is 2. The number of ether oxygens (including phenoxy) is 1. The van der Waals surface area contributed by atoms with Crippen LogP contribution in [-0.2, 0) is 9.53 Å². The molecule has 0 saturated heterocycles. The van der Waals surface area contributed by atoms with Crippen LogP contribution in [0.3, 0.4) is 0 Å². The Balaban J connectivity index is 4.28. The highest BCUT2D eigenvalue weighted by Gasteiger charge is 2.34. The predicted octanol–water partition coefficient (Wildman–Crippen LogP) is 0.692. The topological polar surface area (TPSA) is 66.8 Å². The van der Waals surface area contributed by atoms with Crippen LogP contribution in [0, 0.1) is 5.41 Å². The smallest absolute Gasteiger partial charge is 0.315 e. The molecule has 0 aliphatic rings. The predicted molar refractivity (Wildman–Crippen MR) is 56.5 cm³/mol. The van der Waals surface area contributed by atoms with Crippen LogP contribution in [0.1, 0.15) is 20.3 Å².